The van der Waals surface area contributed by atoms with E-state index in [-0.39, 0.29) is 11.9 Å². The Morgan fingerprint density at radius 2 is 1.91 bits per heavy atom. The van der Waals surface area contributed by atoms with Crippen molar-refractivity contribution in [3.63, 3.8) is 0 Å². The zero-order chi connectivity index (χ0) is 15.7. The van der Waals surface area contributed by atoms with Gasteiger partial charge in [0, 0.05) is 11.7 Å². The summed E-state index contributed by atoms with van der Waals surface area (Å²) in [5.74, 6) is -0.143. The molecule has 0 saturated heterocycles. The standard InChI is InChI=1S/C16H15Cl2N3O/c17-12-2-1-3-14(15(12)18)21-13-7-4-9(19)8-11(13)16(22)20-10-5-6-10/h1-4,7-8,10,21H,5-6,19H2,(H,20,22). The largest absolute Gasteiger partial charge is 0.399 e. The van der Waals surface area contributed by atoms with Crippen LogP contribution in [0.2, 0.25) is 10.0 Å². The van der Waals surface area contributed by atoms with E-state index in [2.05, 4.69) is 10.6 Å². The molecule has 0 spiro atoms. The lowest BCUT2D eigenvalue weighted by molar-refractivity contribution is 0.0952. The second-order valence-electron chi connectivity index (χ2n) is 5.28. The number of rotatable bonds is 4. The number of benzene rings is 2. The van der Waals surface area contributed by atoms with Crippen LogP contribution in [0.1, 0.15) is 23.2 Å². The highest BCUT2D eigenvalue weighted by atomic mass is 35.5. The third-order valence-corrected chi connectivity index (χ3v) is 4.24. The lowest BCUT2D eigenvalue weighted by Crippen LogP contribution is -2.26. The zero-order valence-electron chi connectivity index (χ0n) is 11.7. The van der Waals surface area contributed by atoms with Gasteiger partial charge in [0.15, 0.2) is 0 Å². The van der Waals surface area contributed by atoms with E-state index in [1.807, 2.05) is 0 Å². The Morgan fingerprint density at radius 3 is 2.64 bits per heavy atom. The first-order valence-corrected chi connectivity index (χ1v) is 7.71. The second-order valence-corrected chi connectivity index (χ2v) is 6.06. The topological polar surface area (TPSA) is 67.1 Å². The molecule has 0 aromatic heterocycles. The minimum Gasteiger partial charge on any atom is -0.399 e. The molecule has 0 bridgehead atoms. The minimum absolute atomic E-state index is 0.143. The highest BCUT2D eigenvalue weighted by molar-refractivity contribution is 6.43. The highest BCUT2D eigenvalue weighted by Gasteiger charge is 2.25. The van der Waals surface area contributed by atoms with Crippen LogP contribution < -0.4 is 16.4 Å². The number of amides is 1. The van der Waals surface area contributed by atoms with Crippen LogP contribution in [0.3, 0.4) is 0 Å². The monoisotopic (exact) mass is 335 g/mol. The van der Waals surface area contributed by atoms with Gasteiger partial charge >= 0.3 is 0 Å². The van der Waals surface area contributed by atoms with Gasteiger partial charge in [-0.2, -0.15) is 0 Å². The maximum Gasteiger partial charge on any atom is 0.253 e. The average molecular weight is 336 g/mol. The van der Waals surface area contributed by atoms with E-state index < -0.39 is 0 Å². The van der Waals surface area contributed by atoms with Crippen molar-refractivity contribution >= 4 is 46.2 Å². The van der Waals surface area contributed by atoms with Gasteiger partial charge in [-0.3, -0.25) is 4.79 Å². The summed E-state index contributed by atoms with van der Waals surface area (Å²) < 4.78 is 0. The number of nitrogens with two attached hydrogens (primary N) is 1. The van der Waals surface area contributed by atoms with E-state index in [0.29, 0.717) is 32.7 Å². The Hall–Kier alpha value is -1.91. The first-order valence-electron chi connectivity index (χ1n) is 6.96. The summed E-state index contributed by atoms with van der Waals surface area (Å²) in [5.41, 5.74) is 8.10. The Bertz CT molecular complexity index is 729. The fourth-order valence-electron chi connectivity index (χ4n) is 2.09. The molecule has 114 valence electrons. The molecule has 0 radical (unpaired) electrons. The smallest absolute Gasteiger partial charge is 0.253 e. The van der Waals surface area contributed by atoms with Crippen molar-refractivity contribution in [2.24, 2.45) is 0 Å². The van der Waals surface area contributed by atoms with Crippen LogP contribution in [0.5, 0.6) is 0 Å². The zero-order valence-corrected chi connectivity index (χ0v) is 13.2. The first kappa shape index (κ1) is 15.0. The molecule has 3 rings (SSSR count). The van der Waals surface area contributed by atoms with Gasteiger partial charge in [-0.25, -0.2) is 0 Å². The fourth-order valence-corrected chi connectivity index (χ4v) is 2.44. The number of nitrogen functional groups attached to an aromatic ring is 1. The van der Waals surface area contributed by atoms with Crippen LogP contribution in [-0.2, 0) is 0 Å². The summed E-state index contributed by atoms with van der Waals surface area (Å²) in [7, 11) is 0. The number of hydrogen-bond donors (Lipinski definition) is 3. The van der Waals surface area contributed by atoms with Crippen molar-refractivity contribution in [1.82, 2.24) is 5.32 Å². The molecule has 0 atom stereocenters. The second kappa shape index (κ2) is 6.07. The summed E-state index contributed by atoms with van der Waals surface area (Å²) >= 11 is 12.2. The van der Waals surface area contributed by atoms with E-state index in [0.717, 1.165) is 12.8 Å². The van der Waals surface area contributed by atoms with Crippen LogP contribution in [0.15, 0.2) is 36.4 Å². The van der Waals surface area contributed by atoms with Gasteiger partial charge in [0.25, 0.3) is 5.91 Å². The SMILES string of the molecule is Nc1ccc(Nc2cccc(Cl)c2Cl)c(C(=O)NC2CC2)c1. The van der Waals surface area contributed by atoms with Gasteiger partial charge in [0.2, 0.25) is 0 Å². The predicted molar refractivity (Wildman–Crippen MR) is 91.1 cm³/mol. The van der Waals surface area contributed by atoms with Crippen LogP contribution >= 0.6 is 23.2 Å². The molecule has 0 unspecified atom stereocenters. The van der Waals surface area contributed by atoms with Crippen molar-refractivity contribution in [2.75, 3.05) is 11.1 Å². The molecule has 4 nitrogen and oxygen atoms in total. The lowest BCUT2D eigenvalue weighted by Gasteiger charge is -2.14. The van der Waals surface area contributed by atoms with Crippen LogP contribution in [0.4, 0.5) is 17.1 Å². The van der Waals surface area contributed by atoms with E-state index >= 15 is 0 Å². The quantitative estimate of drug-likeness (QED) is 0.733. The summed E-state index contributed by atoms with van der Waals surface area (Å²) in [5, 5.41) is 6.97. The van der Waals surface area contributed by atoms with Gasteiger partial charge in [-0.1, -0.05) is 29.3 Å². The van der Waals surface area contributed by atoms with Gasteiger partial charge in [-0.15, -0.1) is 0 Å². The molecule has 2 aromatic rings. The molecule has 1 aliphatic rings. The minimum atomic E-state index is -0.143. The Kier molecular flexibility index (Phi) is 4.14. The molecule has 1 saturated carbocycles. The summed E-state index contributed by atoms with van der Waals surface area (Å²) in [6.45, 7) is 0. The third kappa shape index (κ3) is 3.29. The van der Waals surface area contributed by atoms with Gasteiger partial charge in [0.05, 0.1) is 27.0 Å². The lowest BCUT2D eigenvalue weighted by atomic mass is 10.1. The van der Waals surface area contributed by atoms with Crippen molar-refractivity contribution < 1.29 is 4.79 Å². The number of nitrogens with one attached hydrogen (secondary N) is 2. The van der Waals surface area contributed by atoms with E-state index in [1.54, 1.807) is 36.4 Å². The van der Waals surface area contributed by atoms with Crippen LogP contribution in [-0.4, -0.2) is 11.9 Å². The molecule has 0 heterocycles. The van der Waals surface area contributed by atoms with E-state index in [4.69, 9.17) is 28.9 Å². The molecule has 22 heavy (non-hydrogen) atoms. The molecule has 1 amide bonds. The maximum atomic E-state index is 12.3. The van der Waals surface area contributed by atoms with E-state index in [9.17, 15) is 4.79 Å². The van der Waals surface area contributed by atoms with Gasteiger partial charge in [-0.05, 0) is 43.2 Å². The summed E-state index contributed by atoms with van der Waals surface area (Å²) in [6, 6.07) is 10.7. The van der Waals surface area contributed by atoms with Gasteiger partial charge < -0.3 is 16.4 Å². The average Bonchev–Trinajstić information content (AvgIpc) is 3.29. The normalized spacial score (nSPS) is 13.7. The Morgan fingerprint density at radius 1 is 1.14 bits per heavy atom. The molecular weight excluding hydrogens is 321 g/mol. The number of carbonyl (C=O) groups excluding carboxylic acids is 1. The number of carbonyl (C=O) groups is 1. The fraction of sp³-hybridized carbons (Fsp3) is 0.188. The first-order chi connectivity index (χ1) is 10.5. The predicted octanol–water partition coefficient (Wildman–Crippen LogP) is 4.21. The highest BCUT2D eigenvalue weighted by Crippen LogP contribution is 2.33. The van der Waals surface area contributed by atoms with Crippen molar-refractivity contribution in [1.29, 1.82) is 0 Å². The molecule has 1 fully saturated rings. The molecule has 6 heteroatoms. The van der Waals surface area contributed by atoms with E-state index in [1.165, 1.54) is 0 Å². The summed E-state index contributed by atoms with van der Waals surface area (Å²) in [6.07, 6.45) is 2.05. The number of anilines is 3. The third-order valence-electron chi connectivity index (χ3n) is 3.42. The van der Waals surface area contributed by atoms with Crippen molar-refractivity contribution in [2.45, 2.75) is 18.9 Å². The Balaban J connectivity index is 1.92. The van der Waals surface area contributed by atoms with Crippen LogP contribution in [0.25, 0.3) is 0 Å². The molecule has 0 aliphatic heterocycles. The molecule has 2 aromatic carbocycles. The van der Waals surface area contributed by atoms with Gasteiger partial charge in [0.1, 0.15) is 0 Å². The maximum absolute atomic E-state index is 12.3. The molecular formula is C16H15Cl2N3O. The van der Waals surface area contributed by atoms with Crippen molar-refractivity contribution in [3.05, 3.63) is 52.0 Å². The number of halogens is 2. The summed E-state index contributed by atoms with van der Waals surface area (Å²) in [4.78, 5) is 12.3. The van der Waals surface area contributed by atoms with Crippen LogP contribution in [0, 0.1) is 0 Å². The molecule has 1 aliphatic carbocycles. The molecule has 4 N–H and O–H groups in total. The Labute approximate surface area is 138 Å². The number of hydrogen-bond acceptors (Lipinski definition) is 3. The van der Waals surface area contributed by atoms with Crippen molar-refractivity contribution in [3.8, 4) is 0 Å².